The van der Waals surface area contributed by atoms with Crippen LogP contribution in [0.4, 0.5) is 0 Å². The highest BCUT2D eigenvalue weighted by Crippen LogP contribution is 2.21. The van der Waals surface area contributed by atoms with E-state index in [0.717, 1.165) is 6.92 Å². The Bertz CT molecular complexity index is 431. The normalized spacial score (nSPS) is 37.5. The first-order valence-corrected chi connectivity index (χ1v) is 5.76. The first-order valence-electron chi connectivity index (χ1n) is 7.47. The SMILES string of the molecule is [2H]O[C@@H]1[C@@H](OC)O[C@H](CN([2H])C(C)=O)[C@@H](O[2H])[C@@H]1N([2H])C(C)=O. The van der Waals surface area contributed by atoms with Gasteiger partial charge in [-0.15, -0.1) is 0 Å². The van der Waals surface area contributed by atoms with Crippen molar-refractivity contribution in [2.45, 2.75) is 44.5 Å². The zero-order valence-electron chi connectivity index (χ0n) is 14.9. The standard InChI is InChI=1S/C11H20N2O6/c1-5(14)12-4-7-9(16)8(13-6(2)15)10(17)11(18-3)19-7/h7-11,16-17H,4H2,1-3H3,(H,12,14)(H,13,15)/t7-,8+,9-,10+,11+/m1/s1/i16D,17D/hD2. The van der Waals surface area contributed by atoms with E-state index in [1.165, 1.54) is 14.0 Å². The number of carbonyl (C=O) groups is 2. The highest BCUT2D eigenvalue weighted by molar-refractivity contribution is 5.73. The Morgan fingerprint density at radius 1 is 1.37 bits per heavy atom. The van der Waals surface area contributed by atoms with Crippen LogP contribution in [0.1, 0.15) is 13.8 Å². The quantitative estimate of drug-likeness (QED) is 0.435. The van der Waals surface area contributed by atoms with E-state index >= 15 is 0 Å². The highest BCUT2D eigenvalue weighted by Gasteiger charge is 2.45. The van der Waals surface area contributed by atoms with E-state index in [2.05, 4.69) is 10.2 Å². The molecule has 0 radical (unpaired) electrons. The van der Waals surface area contributed by atoms with Gasteiger partial charge < -0.3 is 30.3 Å². The number of nitrogens with one attached hydrogen (secondary N) is 2. The van der Waals surface area contributed by atoms with Crippen molar-refractivity contribution in [3.8, 4) is 0 Å². The molecule has 0 bridgehead atoms. The Labute approximate surface area is 117 Å². The average Bonchev–Trinajstić information content (AvgIpc) is 2.52. The van der Waals surface area contributed by atoms with Gasteiger partial charge in [0.25, 0.3) is 0 Å². The minimum Gasteiger partial charge on any atom is -0.388 e. The van der Waals surface area contributed by atoms with Crippen molar-refractivity contribution in [1.82, 2.24) is 10.6 Å². The minimum atomic E-state index is -1.22. The van der Waals surface area contributed by atoms with E-state index < -0.39 is 42.5 Å². The third-order valence-corrected chi connectivity index (χ3v) is 2.67. The maximum Gasteiger partial charge on any atom is 0.217 e. The second-order valence-electron chi connectivity index (χ2n) is 4.21. The van der Waals surface area contributed by atoms with Crippen LogP contribution in [-0.2, 0) is 19.1 Å². The van der Waals surface area contributed by atoms with E-state index in [4.69, 9.17) is 15.2 Å². The van der Waals surface area contributed by atoms with Crippen molar-refractivity contribution in [3.05, 3.63) is 0 Å². The van der Waals surface area contributed by atoms with Crippen molar-refractivity contribution >= 4 is 11.8 Å². The van der Waals surface area contributed by atoms with Gasteiger partial charge in [0.05, 0.1) is 6.04 Å². The lowest BCUT2D eigenvalue weighted by atomic mass is 9.95. The van der Waals surface area contributed by atoms with Crippen molar-refractivity contribution in [2.75, 3.05) is 13.7 Å². The molecule has 0 unspecified atom stereocenters. The highest BCUT2D eigenvalue weighted by atomic mass is 16.7. The van der Waals surface area contributed by atoms with Crippen molar-refractivity contribution < 1.29 is 32.1 Å². The van der Waals surface area contributed by atoms with Crippen LogP contribution in [0.3, 0.4) is 0 Å². The summed E-state index contributed by atoms with van der Waals surface area (Å²) in [4.78, 5) is 22.7. The molecule has 0 aromatic carbocycles. The zero-order valence-corrected chi connectivity index (χ0v) is 10.9. The molecule has 5 atom stereocenters. The molecule has 4 N–H and O–H groups in total. The third kappa shape index (κ3) is 4.13. The summed E-state index contributed by atoms with van der Waals surface area (Å²) in [6.45, 7) is 2.04. The van der Waals surface area contributed by atoms with Crippen LogP contribution < -0.4 is 10.6 Å². The van der Waals surface area contributed by atoms with E-state index in [0.29, 0.717) is 10.6 Å². The van der Waals surface area contributed by atoms with Gasteiger partial charge in [0.1, 0.15) is 18.3 Å². The summed E-state index contributed by atoms with van der Waals surface area (Å²) in [5.41, 5.74) is 0. The van der Waals surface area contributed by atoms with Crippen LogP contribution in [0.15, 0.2) is 0 Å². The molecule has 0 spiro atoms. The van der Waals surface area contributed by atoms with Gasteiger partial charge in [-0.2, -0.15) is 0 Å². The van der Waals surface area contributed by atoms with Crippen LogP contribution in [0.5, 0.6) is 0 Å². The van der Waals surface area contributed by atoms with Crippen LogP contribution in [0, 0.1) is 0 Å². The molecule has 1 rings (SSSR count). The van der Waals surface area contributed by atoms with E-state index in [1.54, 1.807) is 0 Å². The van der Waals surface area contributed by atoms with Gasteiger partial charge in [-0.1, -0.05) is 0 Å². The molecule has 1 aliphatic heterocycles. The van der Waals surface area contributed by atoms with Crippen LogP contribution >= 0.6 is 0 Å². The minimum absolute atomic E-state index is 0.272. The summed E-state index contributed by atoms with van der Waals surface area (Å²) >= 11 is 0. The Kier molecular flexibility index (Phi) is 3.78. The maximum absolute atomic E-state index is 11.5. The Morgan fingerprint density at radius 3 is 2.53 bits per heavy atom. The molecule has 1 aliphatic rings. The molecule has 110 valence electrons. The number of ether oxygens (including phenoxy) is 2. The third-order valence-electron chi connectivity index (χ3n) is 2.67. The Hall–Kier alpha value is -1.22. The summed E-state index contributed by atoms with van der Waals surface area (Å²) in [6, 6.07) is -1.19. The molecule has 0 aromatic heterocycles. The molecule has 8 nitrogen and oxygen atoms in total. The molecule has 2 amide bonds. The first-order chi connectivity index (χ1) is 10.8. The fourth-order valence-corrected chi connectivity index (χ4v) is 1.81. The van der Waals surface area contributed by atoms with Crippen molar-refractivity contribution in [1.29, 1.82) is 2.86 Å². The number of aliphatic hydroxyl groups is 2. The lowest BCUT2D eigenvalue weighted by Gasteiger charge is -2.42. The van der Waals surface area contributed by atoms with Crippen molar-refractivity contribution in [3.63, 3.8) is 0 Å². The second-order valence-corrected chi connectivity index (χ2v) is 4.21. The molecule has 1 fully saturated rings. The molecule has 8 heteroatoms. The smallest absolute Gasteiger partial charge is 0.217 e. The van der Waals surface area contributed by atoms with E-state index in [9.17, 15) is 9.59 Å². The van der Waals surface area contributed by atoms with Gasteiger partial charge in [-0.05, 0) is 0 Å². The Morgan fingerprint density at radius 2 is 2.05 bits per heavy atom. The Balaban J connectivity index is 3.13. The van der Waals surface area contributed by atoms with E-state index in [1.807, 2.05) is 0 Å². The molecule has 1 heterocycles. The van der Waals surface area contributed by atoms with Gasteiger partial charge >= 0.3 is 0 Å². The molecule has 0 aromatic rings. The van der Waals surface area contributed by atoms with Crippen LogP contribution in [-0.4, -0.2) is 69.2 Å². The van der Waals surface area contributed by atoms with Crippen LogP contribution in [0.2, 0.25) is 2.82 Å². The number of carbonyl (C=O) groups excluding carboxylic acids is 2. The summed E-state index contributed by atoms with van der Waals surface area (Å²) < 4.78 is 40.3. The largest absolute Gasteiger partial charge is 0.388 e. The predicted molar refractivity (Wildman–Crippen MR) is 64.0 cm³/mol. The summed E-state index contributed by atoms with van der Waals surface area (Å²) in [5, 5.41) is 10.2. The summed E-state index contributed by atoms with van der Waals surface area (Å²) in [7, 11) is 1.28. The molecule has 0 saturated carbocycles. The average molecular weight is 280 g/mol. The number of rotatable bonds is 6. The first kappa shape index (κ1) is 10.6. The molecular weight excluding hydrogens is 256 g/mol. The number of hydrogen-bond acceptors (Lipinski definition) is 6. The fraction of sp³-hybridized carbons (Fsp3) is 0.818. The topological polar surface area (TPSA) is 117 Å². The number of hydrogen-bond donors (Lipinski definition) is 4. The number of amides is 2. The molecule has 0 aliphatic carbocycles. The van der Waals surface area contributed by atoms with Gasteiger partial charge in [0.2, 0.25) is 14.7 Å². The molecule has 19 heavy (non-hydrogen) atoms. The van der Waals surface area contributed by atoms with Gasteiger partial charge in [0.15, 0.2) is 9.11 Å². The predicted octanol–water partition coefficient (Wildman–Crippen LogP) is -2.28. The molecular formula is C11H20N2O6. The van der Waals surface area contributed by atoms with Gasteiger partial charge in [-0.25, -0.2) is 0 Å². The van der Waals surface area contributed by atoms with Gasteiger partial charge in [0, 0.05) is 27.5 Å². The monoisotopic (exact) mass is 280 g/mol. The number of methoxy groups -OCH3 is 1. The van der Waals surface area contributed by atoms with Gasteiger partial charge in [-0.3, -0.25) is 9.59 Å². The van der Waals surface area contributed by atoms with Crippen LogP contribution in [0.25, 0.3) is 0 Å². The second kappa shape index (κ2) is 6.80. The van der Waals surface area contributed by atoms with E-state index in [-0.39, 0.29) is 6.54 Å². The zero-order chi connectivity index (χ0) is 17.7. The number of aliphatic hydroxyl groups excluding tert-OH is 2. The fourth-order valence-electron chi connectivity index (χ4n) is 1.81. The van der Waals surface area contributed by atoms with Crippen molar-refractivity contribution in [2.24, 2.45) is 0 Å². The summed E-state index contributed by atoms with van der Waals surface area (Å²) in [6.07, 6.45) is -4.58. The molecule has 1 saturated heterocycles. The summed E-state index contributed by atoms with van der Waals surface area (Å²) in [5.74, 6) is -1.22. The lowest BCUT2D eigenvalue weighted by Crippen LogP contribution is -2.65. The maximum atomic E-state index is 11.5. The lowest BCUT2D eigenvalue weighted by molar-refractivity contribution is -0.264.